The van der Waals surface area contributed by atoms with Gasteiger partial charge in [-0.15, -0.1) is 20.4 Å². The third-order valence-corrected chi connectivity index (χ3v) is 5.99. The Labute approximate surface area is 188 Å². The number of benzene rings is 1. The first-order valence-corrected chi connectivity index (χ1v) is 11.6. The van der Waals surface area contributed by atoms with Crippen LogP contribution in [0.3, 0.4) is 0 Å². The normalized spacial score (nSPS) is 11.1. The average Bonchev–Trinajstić information content (AvgIpc) is 3.40. The van der Waals surface area contributed by atoms with Crippen LogP contribution in [-0.4, -0.2) is 41.6 Å². The molecule has 1 aromatic carbocycles. The summed E-state index contributed by atoms with van der Waals surface area (Å²) < 4.78 is 1.93. The molecule has 0 aliphatic rings. The number of nitrogens with one attached hydrogen (secondary N) is 1. The molecule has 4 rings (SSSR count). The number of hydrogen-bond acceptors (Lipinski definition) is 8. The third kappa shape index (κ3) is 5.33. The number of anilines is 1. The molecule has 8 nitrogen and oxygen atoms in total. The van der Waals surface area contributed by atoms with E-state index >= 15 is 0 Å². The molecular weight excluding hydrogens is 430 g/mol. The molecule has 0 radical (unpaired) electrons. The minimum atomic E-state index is -0.164. The minimum absolute atomic E-state index is 0.164. The van der Waals surface area contributed by atoms with Crippen LogP contribution >= 0.6 is 23.1 Å². The van der Waals surface area contributed by atoms with E-state index in [1.165, 1.54) is 23.1 Å². The van der Waals surface area contributed by atoms with E-state index in [9.17, 15) is 4.79 Å². The fourth-order valence-electron chi connectivity index (χ4n) is 2.88. The standard InChI is InChI=1S/C21H21N7OS2/c1-14(2)11-18-24-26-20(31-18)23-17(29)13-30-21-27-25-19(15-7-6-10-22-12-15)28(21)16-8-4-3-5-9-16/h3-10,12,14H,11,13H2,1-2H3,(H,23,26,29). The first kappa shape index (κ1) is 21.1. The van der Waals surface area contributed by atoms with Crippen molar-refractivity contribution in [2.75, 3.05) is 11.1 Å². The summed E-state index contributed by atoms with van der Waals surface area (Å²) >= 11 is 2.72. The monoisotopic (exact) mass is 451 g/mol. The van der Waals surface area contributed by atoms with Gasteiger partial charge in [0.15, 0.2) is 11.0 Å². The topological polar surface area (TPSA) is 98.5 Å². The maximum Gasteiger partial charge on any atom is 0.236 e. The Morgan fingerprint density at radius 1 is 1.10 bits per heavy atom. The van der Waals surface area contributed by atoms with Gasteiger partial charge in [-0.05, 0) is 30.2 Å². The predicted molar refractivity (Wildman–Crippen MR) is 122 cm³/mol. The third-order valence-electron chi connectivity index (χ3n) is 4.20. The molecule has 4 aromatic rings. The van der Waals surface area contributed by atoms with Crippen LogP contribution in [0.4, 0.5) is 5.13 Å². The average molecular weight is 452 g/mol. The maximum atomic E-state index is 12.5. The van der Waals surface area contributed by atoms with Crippen LogP contribution in [0.25, 0.3) is 17.1 Å². The van der Waals surface area contributed by atoms with Crippen molar-refractivity contribution in [1.29, 1.82) is 0 Å². The molecule has 1 amide bonds. The van der Waals surface area contributed by atoms with Crippen LogP contribution in [-0.2, 0) is 11.2 Å². The van der Waals surface area contributed by atoms with Gasteiger partial charge >= 0.3 is 0 Å². The zero-order valence-corrected chi connectivity index (χ0v) is 18.7. The highest BCUT2D eigenvalue weighted by Crippen LogP contribution is 2.27. The van der Waals surface area contributed by atoms with Crippen molar-refractivity contribution in [3.05, 3.63) is 59.9 Å². The lowest BCUT2D eigenvalue weighted by molar-refractivity contribution is -0.113. The van der Waals surface area contributed by atoms with Crippen molar-refractivity contribution in [3.63, 3.8) is 0 Å². The van der Waals surface area contributed by atoms with Gasteiger partial charge in [0.1, 0.15) is 5.01 Å². The van der Waals surface area contributed by atoms with Crippen molar-refractivity contribution < 1.29 is 4.79 Å². The zero-order valence-electron chi connectivity index (χ0n) is 17.1. The van der Waals surface area contributed by atoms with Gasteiger partial charge in [0.25, 0.3) is 0 Å². The maximum absolute atomic E-state index is 12.5. The molecule has 0 atom stereocenters. The molecule has 0 unspecified atom stereocenters. The van der Waals surface area contributed by atoms with Crippen molar-refractivity contribution >= 4 is 34.1 Å². The van der Waals surface area contributed by atoms with Crippen LogP contribution in [0.5, 0.6) is 0 Å². The van der Waals surface area contributed by atoms with Gasteiger partial charge in [-0.25, -0.2) is 0 Å². The second-order valence-corrected chi connectivity index (χ2v) is 9.16. The summed E-state index contributed by atoms with van der Waals surface area (Å²) in [5, 5.41) is 21.8. The van der Waals surface area contributed by atoms with E-state index in [1.54, 1.807) is 12.4 Å². The molecule has 3 aromatic heterocycles. The van der Waals surface area contributed by atoms with E-state index in [2.05, 4.69) is 44.5 Å². The summed E-state index contributed by atoms with van der Waals surface area (Å²) in [6, 6.07) is 13.6. The molecule has 1 N–H and O–H groups in total. The number of aromatic nitrogens is 6. The van der Waals surface area contributed by atoms with Gasteiger partial charge < -0.3 is 0 Å². The number of nitrogens with zero attached hydrogens (tertiary/aromatic N) is 6. The highest BCUT2D eigenvalue weighted by atomic mass is 32.2. The fourth-order valence-corrected chi connectivity index (χ4v) is 4.60. The van der Waals surface area contributed by atoms with Crippen LogP contribution in [0.1, 0.15) is 18.9 Å². The Morgan fingerprint density at radius 2 is 1.94 bits per heavy atom. The molecule has 0 aliphatic carbocycles. The first-order chi connectivity index (χ1) is 15.1. The Balaban J connectivity index is 1.50. The SMILES string of the molecule is CC(C)Cc1nnc(NC(=O)CSc2nnc(-c3cccnc3)n2-c2ccccc2)s1. The number of hydrogen-bond donors (Lipinski definition) is 1. The molecule has 31 heavy (non-hydrogen) atoms. The summed E-state index contributed by atoms with van der Waals surface area (Å²) in [5.41, 5.74) is 1.76. The highest BCUT2D eigenvalue weighted by Gasteiger charge is 2.18. The molecule has 3 heterocycles. The number of rotatable bonds is 8. The molecule has 0 fully saturated rings. The minimum Gasteiger partial charge on any atom is -0.300 e. The Bertz CT molecular complexity index is 1140. The summed E-state index contributed by atoms with van der Waals surface area (Å²) in [7, 11) is 0. The van der Waals surface area contributed by atoms with E-state index in [4.69, 9.17) is 0 Å². The van der Waals surface area contributed by atoms with Crippen molar-refractivity contribution in [2.24, 2.45) is 5.92 Å². The van der Waals surface area contributed by atoms with Crippen molar-refractivity contribution in [3.8, 4) is 17.1 Å². The number of pyridine rings is 1. The zero-order chi connectivity index (χ0) is 21.6. The van der Waals surface area contributed by atoms with E-state index < -0.39 is 0 Å². The van der Waals surface area contributed by atoms with E-state index in [0.29, 0.717) is 22.0 Å². The Kier molecular flexibility index (Phi) is 6.68. The van der Waals surface area contributed by atoms with Crippen LogP contribution < -0.4 is 5.32 Å². The van der Waals surface area contributed by atoms with Crippen molar-refractivity contribution in [2.45, 2.75) is 25.4 Å². The van der Waals surface area contributed by atoms with E-state index in [0.717, 1.165) is 22.7 Å². The quantitative estimate of drug-likeness (QED) is 0.403. The van der Waals surface area contributed by atoms with Crippen molar-refractivity contribution in [1.82, 2.24) is 29.9 Å². The van der Waals surface area contributed by atoms with Gasteiger partial charge in [0.2, 0.25) is 11.0 Å². The number of thioether (sulfide) groups is 1. The lowest BCUT2D eigenvalue weighted by atomic mass is 10.1. The number of amides is 1. The molecule has 0 saturated heterocycles. The van der Waals surface area contributed by atoms with Gasteiger partial charge in [-0.1, -0.05) is 55.1 Å². The van der Waals surface area contributed by atoms with Crippen LogP contribution in [0.15, 0.2) is 60.0 Å². The van der Waals surface area contributed by atoms with Gasteiger partial charge in [-0.3, -0.25) is 19.7 Å². The van der Waals surface area contributed by atoms with Gasteiger partial charge in [0.05, 0.1) is 5.75 Å². The summed E-state index contributed by atoms with van der Waals surface area (Å²) in [4.78, 5) is 16.7. The molecule has 0 saturated carbocycles. The molecule has 10 heteroatoms. The first-order valence-electron chi connectivity index (χ1n) is 9.76. The largest absolute Gasteiger partial charge is 0.300 e. The van der Waals surface area contributed by atoms with E-state index in [-0.39, 0.29) is 11.7 Å². The van der Waals surface area contributed by atoms with Crippen LogP contribution in [0, 0.1) is 5.92 Å². The number of carbonyl (C=O) groups excluding carboxylic acids is 1. The Morgan fingerprint density at radius 3 is 2.68 bits per heavy atom. The summed E-state index contributed by atoms with van der Waals surface area (Å²) in [6.07, 6.45) is 4.31. The second kappa shape index (κ2) is 9.80. The summed E-state index contributed by atoms with van der Waals surface area (Å²) in [6.45, 7) is 4.25. The number of para-hydroxylation sites is 1. The van der Waals surface area contributed by atoms with E-state index in [1.807, 2.05) is 47.0 Å². The predicted octanol–water partition coefficient (Wildman–Crippen LogP) is 4.11. The number of carbonyl (C=O) groups is 1. The van der Waals surface area contributed by atoms with Crippen LogP contribution in [0.2, 0.25) is 0 Å². The fraction of sp³-hybridized carbons (Fsp3) is 0.238. The smallest absolute Gasteiger partial charge is 0.236 e. The molecule has 0 spiro atoms. The molecular formula is C21H21N7OS2. The van der Waals surface area contributed by atoms with Gasteiger partial charge in [0, 0.05) is 30.1 Å². The second-order valence-electron chi connectivity index (χ2n) is 7.15. The Hall–Kier alpha value is -3.11. The summed E-state index contributed by atoms with van der Waals surface area (Å²) in [5.74, 6) is 1.18. The molecule has 0 aliphatic heterocycles. The van der Waals surface area contributed by atoms with Gasteiger partial charge in [-0.2, -0.15) is 0 Å². The lowest BCUT2D eigenvalue weighted by Crippen LogP contribution is -2.14. The molecule has 0 bridgehead atoms. The highest BCUT2D eigenvalue weighted by molar-refractivity contribution is 7.99. The lowest BCUT2D eigenvalue weighted by Gasteiger charge is -2.10. The molecule has 158 valence electrons.